The van der Waals surface area contributed by atoms with Gasteiger partial charge >= 0.3 is 0 Å². The summed E-state index contributed by atoms with van der Waals surface area (Å²) in [6, 6.07) is 23.5. The minimum Gasteiger partial charge on any atom is -0.496 e. The standard InChI is InChI=1S/C32H22N4O8/c1-40-26-7-4-8-27-23(26)15-30(44-27)31-34-24-6-3-2-5-22(24)32(37)35(31)33-16-20-14-21(36(38)39)10-12-25(20)41-17-19-9-11-28-29(13-19)43-18-42-28/h2-16H,17-18H2,1H3. The second-order valence-corrected chi connectivity index (χ2v) is 9.75. The highest BCUT2D eigenvalue weighted by Gasteiger charge is 2.19. The van der Waals surface area contributed by atoms with Crippen molar-refractivity contribution in [1.29, 1.82) is 0 Å². The number of nitro benzene ring substituents is 1. The van der Waals surface area contributed by atoms with Crippen LogP contribution in [0, 0.1) is 10.1 Å². The average molecular weight is 591 g/mol. The smallest absolute Gasteiger partial charge is 0.282 e. The zero-order chi connectivity index (χ0) is 30.2. The van der Waals surface area contributed by atoms with E-state index in [0.717, 1.165) is 10.2 Å². The predicted molar refractivity (Wildman–Crippen MR) is 161 cm³/mol. The van der Waals surface area contributed by atoms with Gasteiger partial charge in [-0.2, -0.15) is 9.78 Å². The Morgan fingerprint density at radius 2 is 1.84 bits per heavy atom. The first-order valence-electron chi connectivity index (χ1n) is 13.4. The molecule has 6 aromatic rings. The Morgan fingerprint density at radius 3 is 2.70 bits per heavy atom. The molecule has 3 heterocycles. The molecule has 0 bridgehead atoms. The summed E-state index contributed by atoms with van der Waals surface area (Å²) < 4.78 is 29.5. The maximum atomic E-state index is 13.7. The van der Waals surface area contributed by atoms with Crippen molar-refractivity contribution in [3.8, 4) is 34.6 Å². The third-order valence-corrected chi connectivity index (χ3v) is 7.06. The Labute approximate surface area is 248 Å². The van der Waals surface area contributed by atoms with Gasteiger partial charge in [0, 0.05) is 17.7 Å². The minimum absolute atomic E-state index is 0.136. The van der Waals surface area contributed by atoms with E-state index in [9.17, 15) is 14.9 Å². The number of hydrogen-bond acceptors (Lipinski definition) is 10. The van der Waals surface area contributed by atoms with Gasteiger partial charge < -0.3 is 23.4 Å². The van der Waals surface area contributed by atoms with Crippen LogP contribution in [0.1, 0.15) is 11.1 Å². The van der Waals surface area contributed by atoms with Crippen LogP contribution in [-0.2, 0) is 6.61 Å². The Balaban J connectivity index is 1.31. The molecule has 0 unspecified atom stereocenters. The van der Waals surface area contributed by atoms with E-state index in [-0.39, 0.29) is 36.2 Å². The zero-order valence-electron chi connectivity index (χ0n) is 23.1. The Morgan fingerprint density at radius 1 is 0.977 bits per heavy atom. The van der Waals surface area contributed by atoms with E-state index in [1.165, 1.54) is 24.4 Å². The molecule has 0 saturated heterocycles. The Bertz CT molecular complexity index is 2170. The fourth-order valence-electron chi connectivity index (χ4n) is 4.91. The fraction of sp³-hybridized carbons (Fsp3) is 0.0938. The largest absolute Gasteiger partial charge is 0.496 e. The number of nitro groups is 1. The quantitative estimate of drug-likeness (QED) is 0.120. The van der Waals surface area contributed by atoms with Gasteiger partial charge in [0.15, 0.2) is 17.3 Å². The van der Waals surface area contributed by atoms with E-state index < -0.39 is 10.5 Å². The Hall–Kier alpha value is -6.17. The van der Waals surface area contributed by atoms with Crippen LogP contribution < -0.4 is 24.5 Å². The average Bonchev–Trinajstić information content (AvgIpc) is 3.70. The SMILES string of the molecule is COc1cccc2oc(-c3nc4ccccc4c(=O)n3N=Cc3cc([N+](=O)[O-])ccc3OCc3ccc4c(c3)OCO4)cc12. The first kappa shape index (κ1) is 26.7. The Kier molecular flexibility index (Phi) is 6.62. The number of non-ortho nitro benzene ring substituents is 1. The van der Waals surface area contributed by atoms with Crippen molar-refractivity contribution in [3.63, 3.8) is 0 Å². The summed E-state index contributed by atoms with van der Waals surface area (Å²) in [5.41, 5.74) is 1.44. The van der Waals surface area contributed by atoms with Crippen LogP contribution in [-0.4, -0.2) is 34.7 Å². The molecule has 0 fully saturated rings. The lowest BCUT2D eigenvalue weighted by Gasteiger charge is -2.10. The maximum absolute atomic E-state index is 13.7. The van der Waals surface area contributed by atoms with Crippen molar-refractivity contribution in [2.45, 2.75) is 6.61 Å². The monoisotopic (exact) mass is 590 g/mol. The first-order chi connectivity index (χ1) is 21.5. The van der Waals surface area contributed by atoms with Crippen LogP contribution in [0.15, 0.2) is 99.2 Å². The van der Waals surface area contributed by atoms with Gasteiger partial charge in [0.1, 0.15) is 23.7 Å². The number of nitrogens with zero attached hydrogens (tertiary/aromatic N) is 4. The molecule has 12 nitrogen and oxygen atoms in total. The molecule has 2 aromatic heterocycles. The summed E-state index contributed by atoms with van der Waals surface area (Å²) in [6.45, 7) is 0.286. The molecule has 7 rings (SSSR count). The van der Waals surface area contributed by atoms with Crippen LogP contribution in [0.3, 0.4) is 0 Å². The van der Waals surface area contributed by atoms with E-state index in [1.807, 2.05) is 6.07 Å². The third kappa shape index (κ3) is 4.83. The summed E-state index contributed by atoms with van der Waals surface area (Å²) in [6.07, 6.45) is 1.33. The molecule has 0 saturated carbocycles. The van der Waals surface area contributed by atoms with Gasteiger partial charge in [0.05, 0.1) is 34.5 Å². The lowest BCUT2D eigenvalue weighted by molar-refractivity contribution is -0.384. The van der Waals surface area contributed by atoms with Gasteiger partial charge in [-0.3, -0.25) is 14.9 Å². The highest BCUT2D eigenvalue weighted by molar-refractivity contribution is 5.89. The van der Waals surface area contributed by atoms with Crippen molar-refractivity contribution < 1.29 is 28.3 Å². The van der Waals surface area contributed by atoms with Crippen molar-refractivity contribution in [3.05, 3.63) is 117 Å². The van der Waals surface area contributed by atoms with Crippen LogP contribution in [0.4, 0.5) is 5.69 Å². The summed E-state index contributed by atoms with van der Waals surface area (Å²) >= 11 is 0. The number of furan rings is 1. The van der Waals surface area contributed by atoms with Gasteiger partial charge in [-0.25, -0.2) is 4.98 Å². The highest BCUT2D eigenvalue weighted by Crippen LogP contribution is 2.34. The normalized spacial score (nSPS) is 12.3. The summed E-state index contributed by atoms with van der Waals surface area (Å²) in [5, 5.41) is 17.1. The molecule has 0 spiro atoms. The second kappa shape index (κ2) is 10.9. The predicted octanol–water partition coefficient (Wildman–Crippen LogP) is 5.92. The molecular weight excluding hydrogens is 568 g/mol. The lowest BCUT2D eigenvalue weighted by Crippen LogP contribution is -2.20. The molecule has 0 amide bonds. The van der Waals surface area contributed by atoms with Crippen LogP contribution in [0.5, 0.6) is 23.0 Å². The number of ether oxygens (including phenoxy) is 4. The molecule has 1 aliphatic heterocycles. The third-order valence-electron chi connectivity index (χ3n) is 7.06. The molecule has 218 valence electrons. The molecule has 4 aromatic carbocycles. The zero-order valence-corrected chi connectivity index (χ0v) is 23.1. The van der Waals surface area contributed by atoms with Gasteiger partial charge in [-0.05, 0) is 54.1 Å². The van der Waals surface area contributed by atoms with Crippen molar-refractivity contribution >= 4 is 33.8 Å². The van der Waals surface area contributed by atoms with E-state index in [0.29, 0.717) is 44.9 Å². The first-order valence-corrected chi connectivity index (χ1v) is 13.4. The summed E-state index contributed by atoms with van der Waals surface area (Å²) in [7, 11) is 1.56. The van der Waals surface area contributed by atoms with Crippen LogP contribution >= 0.6 is 0 Å². The molecule has 44 heavy (non-hydrogen) atoms. The number of para-hydroxylation sites is 1. The van der Waals surface area contributed by atoms with Gasteiger partial charge in [-0.15, -0.1) is 0 Å². The van der Waals surface area contributed by atoms with E-state index in [4.69, 9.17) is 28.3 Å². The van der Waals surface area contributed by atoms with Gasteiger partial charge in [-0.1, -0.05) is 24.3 Å². The van der Waals surface area contributed by atoms with Crippen LogP contribution in [0.2, 0.25) is 0 Å². The molecule has 0 N–H and O–H groups in total. The summed E-state index contributed by atoms with van der Waals surface area (Å²) in [5.74, 6) is 2.57. The maximum Gasteiger partial charge on any atom is 0.282 e. The fourth-order valence-corrected chi connectivity index (χ4v) is 4.91. The number of benzene rings is 4. The van der Waals surface area contributed by atoms with Gasteiger partial charge in [0.2, 0.25) is 12.6 Å². The van der Waals surface area contributed by atoms with E-state index in [1.54, 1.807) is 67.8 Å². The number of aromatic nitrogens is 2. The molecule has 0 aliphatic carbocycles. The lowest BCUT2D eigenvalue weighted by atomic mass is 10.2. The number of fused-ring (bicyclic) bond motifs is 3. The minimum atomic E-state index is -0.518. The second-order valence-electron chi connectivity index (χ2n) is 9.75. The molecular formula is C32H22N4O8. The number of hydrogen-bond donors (Lipinski definition) is 0. The number of rotatable bonds is 8. The molecule has 1 aliphatic rings. The molecule has 0 atom stereocenters. The number of methoxy groups -OCH3 is 1. The topological polar surface area (TPSA) is 140 Å². The van der Waals surface area contributed by atoms with Crippen molar-refractivity contribution in [2.24, 2.45) is 5.10 Å². The van der Waals surface area contributed by atoms with Crippen molar-refractivity contribution in [2.75, 3.05) is 13.9 Å². The van der Waals surface area contributed by atoms with Gasteiger partial charge in [0.25, 0.3) is 11.2 Å². The highest BCUT2D eigenvalue weighted by atomic mass is 16.7. The van der Waals surface area contributed by atoms with Crippen LogP contribution in [0.25, 0.3) is 33.5 Å². The summed E-state index contributed by atoms with van der Waals surface area (Å²) in [4.78, 5) is 29.5. The molecule has 12 heteroatoms. The molecule has 0 radical (unpaired) electrons. The van der Waals surface area contributed by atoms with E-state index >= 15 is 0 Å². The van der Waals surface area contributed by atoms with E-state index in [2.05, 4.69) is 5.10 Å². The van der Waals surface area contributed by atoms with Crippen molar-refractivity contribution in [1.82, 2.24) is 9.66 Å².